The van der Waals surface area contributed by atoms with Crippen LogP contribution in [0.1, 0.15) is 57.8 Å². The van der Waals surface area contributed by atoms with Crippen LogP contribution in [0.5, 0.6) is 11.6 Å². The molecule has 8 heteroatoms. The second-order valence-corrected chi connectivity index (χ2v) is 7.71. The molecule has 1 fully saturated rings. The van der Waals surface area contributed by atoms with Gasteiger partial charge in [0.25, 0.3) is 0 Å². The molecule has 1 saturated heterocycles. The van der Waals surface area contributed by atoms with Gasteiger partial charge in [0.05, 0.1) is 20.3 Å². The molecule has 2 heterocycles. The first kappa shape index (κ1) is 21.8. The van der Waals surface area contributed by atoms with E-state index in [1.165, 1.54) is 13.3 Å². The summed E-state index contributed by atoms with van der Waals surface area (Å²) in [4.78, 5) is 30.6. The number of hydrogen-bond donors (Lipinski definition) is 0. The molecule has 0 N–H and O–H groups in total. The number of carbonyl (C=O) groups is 2. The molecule has 28 heavy (non-hydrogen) atoms. The predicted octanol–water partition coefficient (Wildman–Crippen LogP) is 3.43. The van der Waals surface area contributed by atoms with Crippen molar-refractivity contribution in [2.75, 3.05) is 20.3 Å². The number of piperidine rings is 1. The summed E-state index contributed by atoms with van der Waals surface area (Å²) in [6, 6.07) is 1.64. The third kappa shape index (κ3) is 5.50. The maximum atomic E-state index is 12.5. The lowest BCUT2D eigenvalue weighted by Gasteiger charge is -2.38. The molecule has 1 amide bonds. The highest BCUT2D eigenvalue weighted by atomic mass is 16.6. The van der Waals surface area contributed by atoms with Gasteiger partial charge in [0.2, 0.25) is 5.88 Å². The Labute approximate surface area is 166 Å². The Morgan fingerprint density at radius 2 is 2.00 bits per heavy atom. The number of esters is 1. The lowest BCUT2D eigenvalue weighted by molar-refractivity contribution is -0.00635. The molecule has 1 aromatic heterocycles. The lowest BCUT2D eigenvalue weighted by atomic mass is 10.0. The number of rotatable bonds is 5. The van der Waals surface area contributed by atoms with Gasteiger partial charge in [-0.15, -0.1) is 0 Å². The van der Waals surface area contributed by atoms with E-state index in [1.54, 1.807) is 11.0 Å². The van der Waals surface area contributed by atoms with Crippen LogP contribution in [0.15, 0.2) is 12.3 Å². The Hall–Kier alpha value is -2.51. The first-order valence-electron chi connectivity index (χ1n) is 9.52. The van der Waals surface area contributed by atoms with E-state index in [0.29, 0.717) is 18.9 Å². The minimum Gasteiger partial charge on any atom is -0.493 e. The van der Waals surface area contributed by atoms with Crippen molar-refractivity contribution in [1.29, 1.82) is 0 Å². The van der Waals surface area contributed by atoms with Crippen molar-refractivity contribution in [3.8, 4) is 11.6 Å². The van der Waals surface area contributed by atoms with Crippen molar-refractivity contribution in [3.63, 3.8) is 0 Å². The van der Waals surface area contributed by atoms with Crippen LogP contribution in [0.4, 0.5) is 4.79 Å². The van der Waals surface area contributed by atoms with Crippen molar-refractivity contribution >= 4 is 12.1 Å². The lowest BCUT2D eigenvalue weighted by Crippen LogP contribution is -2.50. The average Bonchev–Trinajstić information content (AvgIpc) is 2.61. The largest absolute Gasteiger partial charge is 0.493 e. The quantitative estimate of drug-likeness (QED) is 0.707. The minimum atomic E-state index is -0.584. The molecule has 0 aromatic carbocycles. The zero-order valence-electron chi connectivity index (χ0n) is 17.5. The van der Waals surface area contributed by atoms with Crippen molar-refractivity contribution in [3.05, 3.63) is 17.8 Å². The second-order valence-electron chi connectivity index (χ2n) is 7.71. The number of likely N-dealkylation sites (tertiary alicyclic amines) is 1. The van der Waals surface area contributed by atoms with Gasteiger partial charge in [0.15, 0.2) is 5.56 Å². The van der Waals surface area contributed by atoms with Crippen LogP contribution in [0.2, 0.25) is 0 Å². The van der Waals surface area contributed by atoms with Gasteiger partial charge in [-0.1, -0.05) is 0 Å². The second kappa shape index (κ2) is 9.12. The number of pyridine rings is 1. The van der Waals surface area contributed by atoms with Gasteiger partial charge in [-0.25, -0.2) is 14.6 Å². The smallest absolute Gasteiger partial charge is 0.410 e. The number of methoxy groups -OCH3 is 1. The molecular weight excluding hydrogens is 364 g/mol. The zero-order chi connectivity index (χ0) is 20.9. The Morgan fingerprint density at radius 1 is 1.29 bits per heavy atom. The molecule has 0 unspecified atom stereocenters. The molecule has 1 aliphatic rings. The van der Waals surface area contributed by atoms with Crippen molar-refractivity contribution < 1.29 is 28.5 Å². The van der Waals surface area contributed by atoms with Crippen LogP contribution >= 0.6 is 0 Å². The first-order valence-corrected chi connectivity index (χ1v) is 9.52. The Morgan fingerprint density at radius 3 is 2.61 bits per heavy atom. The summed E-state index contributed by atoms with van der Waals surface area (Å²) in [5, 5.41) is 0. The normalized spacial score (nSPS) is 19.7. The third-order valence-corrected chi connectivity index (χ3v) is 4.31. The molecule has 0 aliphatic carbocycles. The van der Waals surface area contributed by atoms with Gasteiger partial charge < -0.3 is 23.8 Å². The van der Waals surface area contributed by atoms with E-state index >= 15 is 0 Å². The fraction of sp³-hybridized carbons (Fsp3) is 0.650. The molecule has 2 atom stereocenters. The standard InChI is InChI=1S/C20H30N2O6/c1-7-26-15-10-11-21-17(16(15)18(23)25-6)27-14-9-8-13(2)22(12-14)19(24)28-20(3,4)5/h10-11,13-14H,7-9,12H2,1-6H3/t13-,14-/m1/s1. The van der Waals surface area contributed by atoms with Gasteiger partial charge in [-0.3, -0.25) is 0 Å². The maximum Gasteiger partial charge on any atom is 0.410 e. The first-order chi connectivity index (χ1) is 13.2. The highest BCUT2D eigenvalue weighted by Crippen LogP contribution is 2.30. The van der Waals surface area contributed by atoms with Crippen molar-refractivity contribution in [2.24, 2.45) is 0 Å². The van der Waals surface area contributed by atoms with E-state index < -0.39 is 11.6 Å². The molecule has 156 valence electrons. The summed E-state index contributed by atoms with van der Waals surface area (Å²) in [7, 11) is 1.29. The number of aromatic nitrogens is 1. The summed E-state index contributed by atoms with van der Waals surface area (Å²) in [5.41, 5.74) is -0.426. The monoisotopic (exact) mass is 394 g/mol. The molecule has 0 saturated carbocycles. The molecule has 0 spiro atoms. The molecule has 1 aromatic rings. The summed E-state index contributed by atoms with van der Waals surface area (Å²) in [6.07, 6.45) is 2.29. The maximum absolute atomic E-state index is 12.5. The number of ether oxygens (including phenoxy) is 4. The fourth-order valence-corrected chi connectivity index (χ4v) is 2.98. The Bertz CT molecular complexity index is 700. The van der Waals surface area contributed by atoms with Gasteiger partial charge in [0.1, 0.15) is 17.5 Å². The minimum absolute atomic E-state index is 0.0393. The van der Waals surface area contributed by atoms with Crippen LogP contribution in [0.25, 0.3) is 0 Å². The number of nitrogens with zero attached hydrogens (tertiary/aromatic N) is 2. The van der Waals surface area contributed by atoms with Crippen molar-refractivity contribution in [2.45, 2.75) is 65.2 Å². The predicted molar refractivity (Wildman–Crippen MR) is 103 cm³/mol. The van der Waals surface area contributed by atoms with E-state index in [4.69, 9.17) is 18.9 Å². The van der Waals surface area contributed by atoms with E-state index in [9.17, 15) is 9.59 Å². The average molecular weight is 394 g/mol. The SMILES string of the molecule is CCOc1ccnc(O[C@@H]2CC[C@@H](C)N(C(=O)OC(C)(C)C)C2)c1C(=O)OC. The van der Waals surface area contributed by atoms with Crippen molar-refractivity contribution in [1.82, 2.24) is 9.88 Å². The van der Waals surface area contributed by atoms with E-state index in [-0.39, 0.29) is 29.7 Å². The Balaban J connectivity index is 2.20. The molecule has 2 rings (SSSR count). The van der Waals surface area contributed by atoms with Crippen LogP contribution < -0.4 is 9.47 Å². The van der Waals surface area contributed by atoms with Gasteiger partial charge in [-0.2, -0.15) is 0 Å². The molecule has 1 aliphatic heterocycles. The number of hydrogen-bond acceptors (Lipinski definition) is 7. The summed E-state index contributed by atoms with van der Waals surface area (Å²) < 4.78 is 21.9. The van der Waals surface area contributed by atoms with Crippen LogP contribution in [0.3, 0.4) is 0 Å². The van der Waals surface area contributed by atoms with E-state index in [0.717, 1.165) is 12.8 Å². The molecule has 0 radical (unpaired) electrons. The van der Waals surface area contributed by atoms with Crippen LogP contribution in [-0.2, 0) is 9.47 Å². The highest BCUT2D eigenvalue weighted by Gasteiger charge is 2.34. The van der Waals surface area contributed by atoms with E-state index in [1.807, 2.05) is 34.6 Å². The molecule has 0 bridgehead atoms. The van der Waals surface area contributed by atoms with Gasteiger partial charge in [0, 0.05) is 12.2 Å². The van der Waals surface area contributed by atoms with Gasteiger partial charge >= 0.3 is 12.1 Å². The fourth-order valence-electron chi connectivity index (χ4n) is 2.98. The topological polar surface area (TPSA) is 87.2 Å². The molecule has 8 nitrogen and oxygen atoms in total. The van der Waals surface area contributed by atoms with E-state index in [2.05, 4.69) is 4.98 Å². The number of amides is 1. The van der Waals surface area contributed by atoms with Gasteiger partial charge in [-0.05, 0) is 53.5 Å². The highest BCUT2D eigenvalue weighted by molar-refractivity contribution is 5.94. The molecular formula is C20H30N2O6. The summed E-state index contributed by atoms with van der Waals surface area (Å²) in [6.45, 7) is 10.0. The summed E-state index contributed by atoms with van der Waals surface area (Å²) >= 11 is 0. The zero-order valence-corrected chi connectivity index (χ0v) is 17.5. The number of carbonyl (C=O) groups excluding carboxylic acids is 2. The van der Waals surface area contributed by atoms with Crippen LogP contribution in [-0.4, -0.2) is 60.0 Å². The Kier molecular flexibility index (Phi) is 7.10. The third-order valence-electron chi connectivity index (χ3n) is 4.31. The summed E-state index contributed by atoms with van der Waals surface area (Å²) in [5.74, 6) is -0.0891. The van der Waals surface area contributed by atoms with Crippen LogP contribution in [0, 0.1) is 0 Å².